The quantitative estimate of drug-likeness (QED) is 0.641. The molecule has 64 valence electrons. The molecule has 0 aromatic rings. The first-order valence-corrected chi connectivity index (χ1v) is 4.04. The van der Waals surface area contributed by atoms with E-state index in [-0.39, 0.29) is 5.41 Å². The number of carbonyl (C=O) groups is 1. The number of hydrogen-bond donors (Lipinski definition) is 2. The Hall–Kier alpha value is -0.570. The highest BCUT2D eigenvalue weighted by Gasteiger charge is 2.67. The number of nitrogens with two attached hydrogens (primary N) is 1. The Labute approximate surface area is 66.6 Å². The molecule has 3 heteroatoms. The van der Waals surface area contributed by atoms with Crippen molar-refractivity contribution in [2.45, 2.75) is 38.6 Å². The molecule has 0 unspecified atom stereocenters. The summed E-state index contributed by atoms with van der Waals surface area (Å²) in [6.45, 7) is 4.00. The number of hydrogen-bond acceptors (Lipinski definition) is 2. The van der Waals surface area contributed by atoms with Crippen molar-refractivity contribution in [1.82, 2.24) is 0 Å². The van der Waals surface area contributed by atoms with Crippen LogP contribution in [0.3, 0.4) is 0 Å². The number of aliphatic carboxylic acids is 1. The third kappa shape index (κ3) is 0.872. The predicted molar refractivity (Wildman–Crippen MR) is 42.2 cm³/mol. The normalized spacial score (nSPS) is 33.4. The molecule has 0 aliphatic heterocycles. The number of carboxylic acid groups (broad SMARTS) is 1. The molecule has 1 atom stereocenters. The van der Waals surface area contributed by atoms with E-state index in [2.05, 4.69) is 0 Å². The molecule has 3 N–H and O–H groups in total. The van der Waals surface area contributed by atoms with Gasteiger partial charge in [0.1, 0.15) is 5.54 Å². The summed E-state index contributed by atoms with van der Waals surface area (Å²) in [5.74, 6) is -0.846. The molecule has 1 rings (SSSR count). The van der Waals surface area contributed by atoms with Gasteiger partial charge in [0.25, 0.3) is 0 Å². The third-order valence-electron chi connectivity index (χ3n) is 3.17. The van der Waals surface area contributed by atoms with Gasteiger partial charge in [0.15, 0.2) is 0 Å². The summed E-state index contributed by atoms with van der Waals surface area (Å²) >= 11 is 0. The summed E-state index contributed by atoms with van der Waals surface area (Å²) in [5.41, 5.74) is 4.66. The largest absolute Gasteiger partial charge is 0.480 e. The molecule has 0 aromatic heterocycles. The Kier molecular flexibility index (Phi) is 1.71. The van der Waals surface area contributed by atoms with E-state index in [0.29, 0.717) is 6.42 Å². The lowest BCUT2D eigenvalue weighted by Crippen LogP contribution is -2.39. The van der Waals surface area contributed by atoms with Gasteiger partial charge in [0, 0.05) is 5.41 Å². The van der Waals surface area contributed by atoms with E-state index in [1.165, 1.54) is 0 Å². The highest BCUT2D eigenvalue weighted by atomic mass is 16.4. The monoisotopic (exact) mass is 157 g/mol. The Morgan fingerprint density at radius 3 is 2.09 bits per heavy atom. The first-order chi connectivity index (χ1) is 5.02. The maximum atomic E-state index is 10.7. The first kappa shape index (κ1) is 8.53. The van der Waals surface area contributed by atoms with Crippen molar-refractivity contribution in [3.05, 3.63) is 0 Å². The molecular weight excluding hydrogens is 142 g/mol. The summed E-state index contributed by atoms with van der Waals surface area (Å²) in [6, 6.07) is 0. The Balaban J connectivity index is 2.76. The zero-order valence-electron chi connectivity index (χ0n) is 7.05. The van der Waals surface area contributed by atoms with Crippen LogP contribution in [-0.4, -0.2) is 16.6 Å². The summed E-state index contributed by atoms with van der Waals surface area (Å²) in [7, 11) is 0. The molecule has 0 heterocycles. The van der Waals surface area contributed by atoms with Gasteiger partial charge in [-0.1, -0.05) is 13.8 Å². The van der Waals surface area contributed by atoms with Crippen LogP contribution in [0.5, 0.6) is 0 Å². The minimum Gasteiger partial charge on any atom is -0.480 e. The molecule has 0 spiro atoms. The van der Waals surface area contributed by atoms with Gasteiger partial charge in [-0.2, -0.15) is 0 Å². The zero-order chi connectivity index (χ0) is 8.70. The SMILES string of the molecule is CCC1(CC)C[C@@]1(N)C(=O)O. The van der Waals surface area contributed by atoms with Gasteiger partial charge in [-0.25, -0.2) is 0 Å². The number of rotatable bonds is 3. The van der Waals surface area contributed by atoms with E-state index < -0.39 is 11.5 Å². The topological polar surface area (TPSA) is 63.3 Å². The van der Waals surface area contributed by atoms with Crippen molar-refractivity contribution in [3.63, 3.8) is 0 Å². The average molecular weight is 157 g/mol. The number of carboxylic acids is 1. The van der Waals surface area contributed by atoms with Crippen molar-refractivity contribution in [2.24, 2.45) is 11.1 Å². The van der Waals surface area contributed by atoms with E-state index in [9.17, 15) is 4.79 Å². The molecule has 0 bridgehead atoms. The van der Waals surface area contributed by atoms with Gasteiger partial charge in [0.05, 0.1) is 0 Å². The standard InChI is InChI=1S/C8H15NO2/c1-3-7(4-2)5-8(7,9)6(10)11/h3-5,9H2,1-2H3,(H,10,11)/t8-/m1/s1. The van der Waals surface area contributed by atoms with Crippen molar-refractivity contribution in [3.8, 4) is 0 Å². The first-order valence-electron chi connectivity index (χ1n) is 4.04. The van der Waals surface area contributed by atoms with E-state index >= 15 is 0 Å². The van der Waals surface area contributed by atoms with Gasteiger partial charge in [-0.15, -0.1) is 0 Å². The lowest BCUT2D eigenvalue weighted by molar-refractivity contribution is -0.140. The molecule has 1 fully saturated rings. The second kappa shape index (κ2) is 2.21. The van der Waals surface area contributed by atoms with Gasteiger partial charge < -0.3 is 10.8 Å². The Bertz CT molecular complexity index is 187. The van der Waals surface area contributed by atoms with Crippen LogP contribution >= 0.6 is 0 Å². The van der Waals surface area contributed by atoms with E-state index in [1.807, 2.05) is 13.8 Å². The summed E-state index contributed by atoms with van der Waals surface area (Å²) in [4.78, 5) is 10.7. The summed E-state index contributed by atoms with van der Waals surface area (Å²) in [6.07, 6.45) is 2.38. The van der Waals surface area contributed by atoms with Gasteiger partial charge in [-0.05, 0) is 19.3 Å². The average Bonchev–Trinajstić information content (AvgIpc) is 2.59. The van der Waals surface area contributed by atoms with Crippen molar-refractivity contribution < 1.29 is 9.90 Å². The summed E-state index contributed by atoms with van der Waals surface area (Å²) in [5, 5.41) is 8.79. The fourth-order valence-corrected chi connectivity index (χ4v) is 1.92. The third-order valence-corrected chi connectivity index (χ3v) is 3.17. The lowest BCUT2D eigenvalue weighted by atomic mass is 9.94. The van der Waals surface area contributed by atoms with Crippen molar-refractivity contribution >= 4 is 5.97 Å². The molecule has 0 radical (unpaired) electrons. The molecular formula is C8H15NO2. The van der Waals surface area contributed by atoms with Gasteiger partial charge in [-0.3, -0.25) is 4.79 Å². The molecule has 1 saturated carbocycles. The van der Waals surface area contributed by atoms with Crippen LogP contribution in [0, 0.1) is 5.41 Å². The smallest absolute Gasteiger partial charge is 0.324 e. The highest BCUT2D eigenvalue weighted by molar-refractivity contribution is 5.84. The maximum Gasteiger partial charge on any atom is 0.324 e. The van der Waals surface area contributed by atoms with Crippen LogP contribution in [0.15, 0.2) is 0 Å². The van der Waals surface area contributed by atoms with E-state index in [1.54, 1.807) is 0 Å². The molecule has 0 amide bonds. The predicted octanol–water partition coefficient (Wildman–Crippen LogP) is 0.979. The molecule has 1 aliphatic rings. The van der Waals surface area contributed by atoms with Crippen LogP contribution in [0.4, 0.5) is 0 Å². The second-order valence-electron chi connectivity index (χ2n) is 3.44. The maximum absolute atomic E-state index is 10.7. The molecule has 0 aromatic carbocycles. The van der Waals surface area contributed by atoms with Crippen molar-refractivity contribution in [2.75, 3.05) is 0 Å². The van der Waals surface area contributed by atoms with Crippen LogP contribution in [0.25, 0.3) is 0 Å². The van der Waals surface area contributed by atoms with Gasteiger partial charge >= 0.3 is 5.97 Å². The lowest BCUT2D eigenvalue weighted by Gasteiger charge is -2.15. The van der Waals surface area contributed by atoms with Gasteiger partial charge in [0.2, 0.25) is 0 Å². The van der Waals surface area contributed by atoms with E-state index in [0.717, 1.165) is 12.8 Å². The molecule has 0 saturated heterocycles. The van der Waals surface area contributed by atoms with Crippen LogP contribution in [0.2, 0.25) is 0 Å². The minimum absolute atomic E-state index is 0.112. The summed E-state index contributed by atoms with van der Waals surface area (Å²) < 4.78 is 0. The Morgan fingerprint density at radius 2 is 2.00 bits per heavy atom. The minimum atomic E-state index is -0.920. The highest BCUT2D eigenvalue weighted by Crippen LogP contribution is 2.59. The van der Waals surface area contributed by atoms with Crippen LogP contribution in [-0.2, 0) is 4.79 Å². The molecule has 3 nitrogen and oxygen atoms in total. The fraction of sp³-hybridized carbons (Fsp3) is 0.875. The van der Waals surface area contributed by atoms with Crippen LogP contribution in [0.1, 0.15) is 33.1 Å². The van der Waals surface area contributed by atoms with E-state index in [4.69, 9.17) is 10.8 Å². The Morgan fingerprint density at radius 1 is 1.55 bits per heavy atom. The van der Waals surface area contributed by atoms with Crippen molar-refractivity contribution in [1.29, 1.82) is 0 Å². The fourth-order valence-electron chi connectivity index (χ4n) is 1.92. The second-order valence-corrected chi connectivity index (χ2v) is 3.44. The molecule has 11 heavy (non-hydrogen) atoms. The zero-order valence-corrected chi connectivity index (χ0v) is 7.05. The molecule has 1 aliphatic carbocycles. The van der Waals surface area contributed by atoms with Crippen LogP contribution < -0.4 is 5.73 Å².